The molecule has 0 bridgehead atoms. The summed E-state index contributed by atoms with van der Waals surface area (Å²) >= 11 is 0. The van der Waals surface area contributed by atoms with E-state index in [2.05, 4.69) is 11.1 Å². The third-order valence-electron chi connectivity index (χ3n) is 3.72. The van der Waals surface area contributed by atoms with Crippen LogP contribution in [0.2, 0.25) is 0 Å². The van der Waals surface area contributed by atoms with Crippen LogP contribution in [-0.2, 0) is 0 Å². The summed E-state index contributed by atoms with van der Waals surface area (Å²) in [7, 11) is 1.59. The van der Waals surface area contributed by atoms with Crippen LogP contribution < -0.4 is 10.5 Å². The predicted molar refractivity (Wildman–Crippen MR) is 92.5 cm³/mol. The highest BCUT2D eigenvalue weighted by Crippen LogP contribution is 2.36. The van der Waals surface area contributed by atoms with E-state index in [0.717, 1.165) is 5.56 Å². The number of pyridine rings is 1. The average Bonchev–Trinajstić information content (AvgIpc) is 2.61. The molecule has 0 atom stereocenters. The summed E-state index contributed by atoms with van der Waals surface area (Å²) in [5.41, 5.74) is 8.71. The van der Waals surface area contributed by atoms with Crippen LogP contribution in [0.1, 0.15) is 5.56 Å². The summed E-state index contributed by atoms with van der Waals surface area (Å²) in [6.07, 6.45) is 0. The van der Waals surface area contributed by atoms with E-state index in [0.29, 0.717) is 22.6 Å². The lowest BCUT2D eigenvalue weighted by Gasteiger charge is -2.12. The minimum absolute atomic E-state index is 0.0798. The number of phenols is 1. The van der Waals surface area contributed by atoms with Crippen LogP contribution in [0.4, 0.5) is 5.82 Å². The zero-order valence-electron chi connectivity index (χ0n) is 13.0. The highest BCUT2D eigenvalue weighted by atomic mass is 16.5. The van der Waals surface area contributed by atoms with Gasteiger partial charge in [-0.3, -0.25) is 0 Å². The molecular formula is C19H15N3O2. The number of nitrogen functional groups attached to an aromatic ring is 1. The van der Waals surface area contributed by atoms with Crippen molar-refractivity contribution in [1.29, 1.82) is 5.26 Å². The molecule has 0 aliphatic heterocycles. The Labute approximate surface area is 139 Å². The zero-order chi connectivity index (χ0) is 17.1. The summed E-state index contributed by atoms with van der Waals surface area (Å²) in [6, 6.07) is 18.0. The maximum atomic E-state index is 10.1. The number of para-hydroxylation sites is 1. The number of anilines is 1. The number of methoxy groups -OCH3 is 1. The van der Waals surface area contributed by atoms with Crippen molar-refractivity contribution in [2.75, 3.05) is 12.8 Å². The van der Waals surface area contributed by atoms with Crippen LogP contribution in [0.25, 0.3) is 22.4 Å². The van der Waals surface area contributed by atoms with Gasteiger partial charge >= 0.3 is 0 Å². The number of aromatic hydroxyl groups is 1. The second-order valence-corrected chi connectivity index (χ2v) is 5.18. The lowest BCUT2D eigenvalue weighted by atomic mass is 9.97. The van der Waals surface area contributed by atoms with E-state index in [4.69, 9.17) is 10.5 Å². The topological polar surface area (TPSA) is 92.2 Å². The summed E-state index contributed by atoms with van der Waals surface area (Å²) in [5, 5.41) is 19.6. The van der Waals surface area contributed by atoms with E-state index < -0.39 is 0 Å². The first-order valence-corrected chi connectivity index (χ1v) is 7.27. The predicted octanol–water partition coefficient (Wildman–Crippen LogP) is 3.58. The van der Waals surface area contributed by atoms with Crippen molar-refractivity contribution in [1.82, 2.24) is 4.98 Å². The number of aromatic nitrogens is 1. The summed E-state index contributed by atoms with van der Waals surface area (Å²) in [5.74, 6) is 0.897. The minimum atomic E-state index is 0.0798. The lowest BCUT2D eigenvalue weighted by Crippen LogP contribution is -2.00. The van der Waals surface area contributed by atoms with Crippen molar-refractivity contribution in [3.63, 3.8) is 0 Å². The molecule has 0 radical (unpaired) electrons. The van der Waals surface area contributed by atoms with Gasteiger partial charge in [-0.25, -0.2) is 4.98 Å². The molecule has 24 heavy (non-hydrogen) atoms. The second kappa shape index (κ2) is 6.31. The van der Waals surface area contributed by atoms with Gasteiger partial charge in [0, 0.05) is 16.7 Å². The Bertz CT molecular complexity index is 946. The SMILES string of the molecule is COc1cccc(-c2cc(-c3ccccc3O)c(C#N)c(N)n2)c1. The Hall–Kier alpha value is -3.52. The van der Waals surface area contributed by atoms with Crippen LogP contribution in [0.15, 0.2) is 54.6 Å². The van der Waals surface area contributed by atoms with Crippen molar-refractivity contribution < 1.29 is 9.84 Å². The number of benzene rings is 2. The van der Waals surface area contributed by atoms with Crippen molar-refractivity contribution in [2.24, 2.45) is 0 Å². The smallest absolute Gasteiger partial charge is 0.142 e. The Balaban J connectivity index is 2.24. The van der Waals surface area contributed by atoms with Crippen LogP contribution in [0.5, 0.6) is 11.5 Å². The third kappa shape index (κ3) is 2.73. The van der Waals surface area contributed by atoms with Crippen LogP contribution in [0.3, 0.4) is 0 Å². The maximum absolute atomic E-state index is 10.1. The molecule has 0 aliphatic carbocycles. The number of ether oxygens (including phenoxy) is 1. The van der Waals surface area contributed by atoms with Gasteiger partial charge in [0.25, 0.3) is 0 Å². The van der Waals surface area contributed by atoms with Gasteiger partial charge in [-0.1, -0.05) is 30.3 Å². The highest BCUT2D eigenvalue weighted by molar-refractivity contribution is 5.82. The van der Waals surface area contributed by atoms with Gasteiger partial charge in [-0.15, -0.1) is 0 Å². The van der Waals surface area contributed by atoms with Gasteiger partial charge in [0.2, 0.25) is 0 Å². The molecule has 3 aromatic rings. The van der Waals surface area contributed by atoms with E-state index in [9.17, 15) is 10.4 Å². The van der Waals surface area contributed by atoms with Crippen molar-refractivity contribution >= 4 is 5.82 Å². The molecule has 0 aliphatic rings. The number of nitriles is 1. The van der Waals surface area contributed by atoms with Crippen LogP contribution >= 0.6 is 0 Å². The molecule has 0 saturated heterocycles. The Morgan fingerprint density at radius 3 is 2.58 bits per heavy atom. The molecule has 3 N–H and O–H groups in total. The summed E-state index contributed by atoms with van der Waals surface area (Å²) < 4.78 is 5.23. The number of nitrogens with two attached hydrogens (primary N) is 1. The second-order valence-electron chi connectivity index (χ2n) is 5.18. The van der Waals surface area contributed by atoms with Crippen molar-refractivity contribution in [3.05, 3.63) is 60.2 Å². The molecule has 0 unspecified atom stereocenters. The summed E-state index contributed by atoms with van der Waals surface area (Å²) in [6.45, 7) is 0. The fourth-order valence-corrected chi connectivity index (χ4v) is 2.53. The number of hydrogen-bond acceptors (Lipinski definition) is 5. The molecule has 0 amide bonds. The van der Waals surface area contributed by atoms with Crippen LogP contribution in [0, 0.1) is 11.3 Å². The van der Waals surface area contributed by atoms with Gasteiger partial charge in [-0.2, -0.15) is 5.26 Å². The maximum Gasteiger partial charge on any atom is 0.142 e. The highest BCUT2D eigenvalue weighted by Gasteiger charge is 2.15. The van der Waals surface area contributed by atoms with E-state index in [1.807, 2.05) is 24.3 Å². The van der Waals surface area contributed by atoms with Gasteiger partial charge in [0.05, 0.1) is 12.8 Å². The van der Waals surface area contributed by atoms with E-state index in [-0.39, 0.29) is 17.1 Å². The fraction of sp³-hybridized carbons (Fsp3) is 0.0526. The molecule has 1 aromatic heterocycles. The molecular weight excluding hydrogens is 302 g/mol. The first-order valence-electron chi connectivity index (χ1n) is 7.27. The van der Waals surface area contributed by atoms with Crippen molar-refractivity contribution in [3.8, 4) is 40.0 Å². The molecule has 0 spiro atoms. The molecule has 5 heteroatoms. The Kier molecular flexibility index (Phi) is 4.04. The van der Waals surface area contributed by atoms with Gasteiger partial charge < -0.3 is 15.6 Å². The monoisotopic (exact) mass is 317 g/mol. The molecule has 5 nitrogen and oxygen atoms in total. The van der Waals surface area contributed by atoms with E-state index in [1.54, 1.807) is 37.4 Å². The third-order valence-corrected chi connectivity index (χ3v) is 3.72. The molecule has 0 fully saturated rings. The van der Waals surface area contributed by atoms with Gasteiger partial charge in [-0.05, 0) is 24.3 Å². The molecule has 118 valence electrons. The number of nitrogens with zero attached hydrogens (tertiary/aromatic N) is 2. The Morgan fingerprint density at radius 1 is 1.08 bits per heavy atom. The molecule has 1 heterocycles. The average molecular weight is 317 g/mol. The number of rotatable bonds is 3. The largest absolute Gasteiger partial charge is 0.507 e. The summed E-state index contributed by atoms with van der Waals surface area (Å²) in [4.78, 5) is 4.32. The van der Waals surface area contributed by atoms with Gasteiger partial charge in [0.15, 0.2) is 0 Å². The Morgan fingerprint density at radius 2 is 1.88 bits per heavy atom. The van der Waals surface area contributed by atoms with E-state index >= 15 is 0 Å². The number of phenolic OH excluding ortho intramolecular Hbond substituents is 1. The number of hydrogen-bond donors (Lipinski definition) is 2. The normalized spacial score (nSPS) is 10.2. The first kappa shape index (κ1) is 15.4. The van der Waals surface area contributed by atoms with Gasteiger partial charge in [0.1, 0.15) is 28.9 Å². The van der Waals surface area contributed by atoms with Crippen LogP contribution in [-0.4, -0.2) is 17.2 Å². The van der Waals surface area contributed by atoms with E-state index in [1.165, 1.54) is 0 Å². The minimum Gasteiger partial charge on any atom is -0.507 e. The van der Waals surface area contributed by atoms with Crippen molar-refractivity contribution in [2.45, 2.75) is 0 Å². The lowest BCUT2D eigenvalue weighted by molar-refractivity contribution is 0.415. The first-order chi connectivity index (χ1) is 11.6. The fourth-order valence-electron chi connectivity index (χ4n) is 2.53. The quantitative estimate of drug-likeness (QED) is 0.770. The molecule has 3 rings (SSSR count). The molecule has 2 aromatic carbocycles. The standard InChI is InChI=1S/C19H15N3O2/c1-24-13-6-4-5-12(9-13)17-10-15(16(11-20)19(21)22-17)14-7-2-3-8-18(14)23/h2-10,23H,1H3,(H2,21,22). The zero-order valence-corrected chi connectivity index (χ0v) is 13.0. The molecule has 0 saturated carbocycles.